The van der Waals surface area contributed by atoms with Gasteiger partial charge in [0, 0.05) is 6.92 Å². The summed E-state index contributed by atoms with van der Waals surface area (Å²) in [6.07, 6.45) is 2.23. The van der Waals surface area contributed by atoms with Crippen LogP contribution in [0.3, 0.4) is 0 Å². The number of primary sulfonamides is 1. The molecular weight excluding hydrogens is 351 g/mol. The number of rotatable bonds is 4. The van der Waals surface area contributed by atoms with Gasteiger partial charge in [-0.05, 0) is 22.6 Å². The molecule has 1 aromatic heterocycles. The molecule has 0 atom stereocenters. The fourth-order valence-corrected chi connectivity index (χ4v) is 2.64. The lowest BCUT2D eigenvalue weighted by molar-refractivity contribution is -0.390. The van der Waals surface area contributed by atoms with Crippen LogP contribution in [0.1, 0.15) is 11.4 Å². The van der Waals surface area contributed by atoms with Crippen LogP contribution in [-0.4, -0.2) is 22.9 Å². The Morgan fingerprint density at radius 2 is 2.17 bits per heavy atom. The van der Waals surface area contributed by atoms with Crippen molar-refractivity contribution < 1.29 is 17.7 Å². The molecule has 0 saturated heterocycles. The van der Waals surface area contributed by atoms with Crippen molar-refractivity contribution in [1.29, 1.82) is 0 Å². The Balaban J connectivity index is 2.56. The second-order valence-electron chi connectivity index (χ2n) is 4.46. The molecule has 0 spiro atoms. The van der Waals surface area contributed by atoms with E-state index in [1.807, 2.05) is 0 Å². The lowest BCUT2D eigenvalue weighted by Gasteiger charge is -2.04. The molecule has 2 aromatic rings. The van der Waals surface area contributed by atoms with Gasteiger partial charge in [-0.1, -0.05) is 17.7 Å². The van der Waals surface area contributed by atoms with Crippen LogP contribution in [0.5, 0.6) is 0 Å². The van der Waals surface area contributed by atoms with E-state index in [-0.39, 0.29) is 16.4 Å². The molecule has 11 heteroatoms. The van der Waals surface area contributed by atoms with Crippen LogP contribution in [0, 0.1) is 22.9 Å². The van der Waals surface area contributed by atoms with E-state index in [1.165, 1.54) is 19.2 Å². The van der Waals surface area contributed by atoms with E-state index >= 15 is 0 Å². The molecule has 0 aliphatic carbocycles. The monoisotopic (exact) mass is 360 g/mol. The van der Waals surface area contributed by atoms with Gasteiger partial charge in [-0.3, -0.25) is 0 Å². The van der Waals surface area contributed by atoms with Crippen LogP contribution in [0.4, 0.5) is 10.2 Å². The molecule has 1 heterocycles. The van der Waals surface area contributed by atoms with Crippen molar-refractivity contribution in [3.63, 3.8) is 0 Å². The molecule has 1 aromatic carbocycles. The van der Waals surface area contributed by atoms with Crippen molar-refractivity contribution in [3.8, 4) is 0 Å². The highest BCUT2D eigenvalue weighted by Gasteiger charge is 2.19. The summed E-state index contributed by atoms with van der Waals surface area (Å²) in [6.45, 7) is 1.52. The number of aryl methyl sites for hydroxylation is 1. The molecular formula is C12H10ClFN4O4S. The molecule has 0 aliphatic rings. The Hall–Kier alpha value is -2.30. The quantitative estimate of drug-likeness (QED) is 0.660. The van der Waals surface area contributed by atoms with E-state index in [0.29, 0.717) is 5.82 Å². The number of aromatic nitrogens is 2. The third-order valence-electron chi connectivity index (χ3n) is 2.91. The standard InChI is InChI=1S/C12H10ClFN4O4S/c1-7-16-5-12(18(19)20)17(7)6-9(13)8-2-3-10(14)11(4-8)23(15,21)22/h2-6H,1H3,(H2,15,21,22)/b9-6-. The number of halogens is 2. The molecule has 0 bridgehead atoms. The predicted octanol–water partition coefficient (Wildman–Crippen LogP) is 2.08. The minimum absolute atomic E-state index is 0.0564. The summed E-state index contributed by atoms with van der Waals surface area (Å²) in [5.41, 5.74) is 0.125. The maximum absolute atomic E-state index is 13.5. The average Bonchev–Trinajstić information content (AvgIpc) is 2.79. The summed E-state index contributed by atoms with van der Waals surface area (Å²) in [5.74, 6) is -1.05. The molecule has 0 unspecified atom stereocenters. The van der Waals surface area contributed by atoms with Crippen molar-refractivity contribution >= 4 is 38.7 Å². The zero-order chi connectivity index (χ0) is 17.4. The number of benzene rings is 1. The number of sulfonamides is 1. The molecule has 2 rings (SSSR count). The van der Waals surface area contributed by atoms with Crippen molar-refractivity contribution in [2.75, 3.05) is 0 Å². The second kappa shape index (κ2) is 6.07. The highest BCUT2D eigenvalue weighted by molar-refractivity contribution is 7.89. The van der Waals surface area contributed by atoms with Crippen LogP contribution in [0.25, 0.3) is 11.2 Å². The molecule has 0 fully saturated rings. The zero-order valence-electron chi connectivity index (χ0n) is 11.6. The molecule has 0 saturated carbocycles. The van der Waals surface area contributed by atoms with E-state index in [1.54, 1.807) is 0 Å². The number of nitrogens with zero attached hydrogens (tertiary/aromatic N) is 3. The van der Waals surface area contributed by atoms with Gasteiger partial charge >= 0.3 is 5.82 Å². The number of nitrogens with two attached hydrogens (primary N) is 1. The number of hydrogen-bond acceptors (Lipinski definition) is 5. The summed E-state index contributed by atoms with van der Waals surface area (Å²) in [4.78, 5) is 13.3. The van der Waals surface area contributed by atoms with E-state index in [2.05, 4.69) is 4.98 Å². The Morgan fingerprint density at radius 3 is 2.74 bits per heavy atom. The molecule has 0 radical (unpaired) electrons. The number of hydrogen-bond donors (Lipinski definition) is 1. The molecule has 8 nitrogen and oxygen atoms in total. The first kappa shape index (κ1) is 17.1. The SMILES string of the molecule is Cc1ncc([N+](=O)[O-])n1/C=C(\Cl)c1ccc(F)c(S(N)(=O)=O)c1. The lowest BCUT2D eigenvalue weighted by Crippen LogP contribution is -2.14. The number of imidazole rings is 1. The van der Waals surface area contributed by atoms with Gasteiger partial charge in [0.1, 0.15) is 23.1 Å². The van der Waals surface area contributed by atoms with Crippen molar-refractivity contribution in [1.82, 2.24) is 9.55 Å². The van der Waals surface area contributed by atoms with Gasteiger partial charge in [-0.2, -0.15) is 4.57 Å². The van der Waals surface area contributed by atoms with E-state index in [0.717, 1.165) is 22.9 Å². The Labute approximate surface area is 135 Å². The smallest absolute Gasteiger partial charge is 0.347 e. The van der Waals surface area contributed by atoms with Crippen LogP contribution in [0.2, 0.25) is 0 Å². The normalized spacial score (nSPS) is 12.4. The summed E-state index contributed by atoms with van der Waals surface area (Å²) >= 11 is 6.05. The predicted molar refractivity (Wildman–Crippen MR) is 81.4 cm³/mol. The highest BCUT2D eigenvalue weighted by atomic mass is 35.5. The fraction of sp³-hybridized carbons (Fsp3) is 0.0833. The minimum atomic E-state index is -4.27. The first-order valence-corrected chi connectivity index (χ1v) is 7.92. The maximum atomic E-state index is 13.5. The maximum Gasteiger partial charge on any atom is 0.347 e. The van der Waals surface area contributed by atoms with Crippen molar-refractivity contribution in [3.05, 3.63) is 51.7 Å². The van der Waals surface area contributed by atoms with Gasteiger partial charge in [0.25, 0.3) is 0 Å². The minimum Gasteiger partial charge on any atom is -0.358 e. The third kappa shape index (κ3) is 3.55. The topological polar surface area (TPSA) is 121 Å². The van der Waals surface area contributed by atoms with E-state index in [9.17, 15) is 22.9 Å². The van der Waals surface area contributed by atoms with Crippen molar-refractivity contribution in [2.45, 2.75) is 11.8 Å². The van der Waals surface area contributed by atoms with Crippen LogP contribution < -0.4 is 5.14 Å². The Kier molecular flexibility index (Phi) is 4.50. The average molecular weight is 361 g/mol. The first-order valence-electron chi connectivity index (χ1n) is 5.99. The third-order valence-corrected chi connectivity index (χ3v) is 4.15. The summed E-state index contributed by atoms with van der Waals surface area (Å²) in [6, 6.07) is 3.06. The summed E-state index contributed by atoms with van der Waals surface area (Å²) in [5, 5.41) is 15.8. The van der Waals surface area contributed by atoms with Crippen LogP contribution in [-0.2, 0) is 10.0 Å². The lowest BCUT2D eigenvalue weighted by atomic mass is 10.2. The Bertz CT molecular complexity index is 923. The molecule has 122 valence electrons. The highest BCUT2D eigenvalue weighted by Crippen LogP contribution is 2.26. The van der Waals surface area contributed by atoms with Crippen LogP contribution in [0.15, 0.2) is 29.3 Å². The van der Waals surface area contributed by atoms with Crippen molar-refractivity contribution in [2.24, 2.45) is 5.14 Å². The van der Waals surface area contributed by atoms with Gasteiger partial charge in [0.2, 0.25) is 10.0 Å². The molecule has 0 amide bonds. The summed E-state index contributed by atoms with van der Waals surface area (Å²) in [7, 11) is -4.27. The van der Waals surface area contributed by atoms with Gasteiger partial charge < -0.3 is 10.1 Å². The Morgan fingerprint density at radius 1 is 1.52 bits per heavy atom. The first-order chi connectivity index (χ1) is 10.6. The fourth-order valence-electron chi connectivity index (χ4n) is 1.79. The zero-order valence-corrected chi connectivity index (χ0v) is 13.2. The van der Waals surface area contributed by atoms with Gasteiger partial charge in [-0.15, -0.1) is 0 Å². The second-order valence-corrected chi connectivity index (χ2v) is 6.40. The van der Waals surface area contributed by atoms with E-state index in [4.69, 9.17) is 16.7 Å². The number of nitro groups is 1. The van der Waals surface area contributed by atoms with Gasteiger partial charge in [0.15, 0.2) is 5.82 Å². The van der Waals surface area contributed by atoms with Crippen LogP contribution >= 0.6 is 11.6 Å². The van der Waals surface area contributed by atoms with Gasteiger partial charge in [0.05, 0.1) is 5.03 Å². The molecule has 23 heavy (non-hydrogen) atoms. The molecule has 2 N–H and O–H groups in total. The van der Waals surface area contributed by atoms with E-state index < -0.39 is 25.7 Å². The summed E-state index contributed by atoms with van der Waals surface area (Å²) < 4.78 is 37.3. The molecule has 0 aliphatic heterocycles. The largest absolute Gasteiger partial charge is 0.358 e. The van der Waals surface area contributed by atoms with Gasteiger partial charge in [-0.25, -0.2) is 22.9 Å².